The van der Waals surface area contributed by atoms with Crippen LogP contribution in [0.3, 0.4) is 0 Å². The highest BCUT2D eigenvalue weighted by Crippen LogP contribution is 2.47. The number of hydrogen-bond acceptors (Lipinski definition) is 4. The minimum atomic E-state index is -0.326. The van der Waals surface area contributed by atoms with Gasteiger partial charge in [-0.2, -0.15) is 0 Å². The summed E-state index contributed by atoms with van der Waals surface area (Å²) < 4.78 is 7.56. The number of methoxy groups -OCH3 is 1. The van der Waals surface area contributed by atoms with Gasteiger partial charge in [-0.25, -0.2) is 4.98 Å². The van der Waals surface area contributed by atoms with Crippen molar-refractivity contribution < 1.29 is 9.53 Å². The van der Waals surface area contributed by atoms with Crippen molar-refractivity contribution in [2.45, 2.75) is 12.0 Å². The van der Waals surface area contributed by atoms with Crippen molar-refractivity contribution in [1.82, 2.24) is 19.4 Å². The molecule has 0 aromatic carbocycles. The van der Waals surface area contributed by atoms with E-state index in [0.29, 0.717) is 30.4 Å². The molecule has 29 heavy (non-hydrogen) atoms. The molecule has 0 saturated carbocycles. The van der Waals surface area contributed by atoms with Gasteiger partial charge >= 0.3 is 0 Å². The van der Waals surface area contributed by atoms with E-state index >= 15 is 0 Å². The first-order chi connectivity index (χ1) is 14.1. The molecule has 5 heterocycles. The van der Waals surface area contributed by atoms with Crippen LogP contribution in [0.2, 0.25) is 5.15 Å². The minimum Gasteiger partial charge on any atom is -0.383 e. The normalized spacial score (nSPS) is 20.2. The van der Waals surface area contributed by atoms with Gasteiger partial charge in [-0.1, -0.05) is 11.6 Å². The highest BCUT2D eigenvalue weighted by atomic mass is 35.5. The zero-order valence-electron chi connectivity index (χ0n) is 16.1. The summed E-state index contributed by atoms with van der Waals surface area (Å²) in [6.45, 7) is 2.58. The maximum atomic E-state index is 13.1. The number of halogens is 1. The maximum Gasteiger partial charge on any atom is 0.255 e. The summed E-state index contributed by atoms with van der Waals surface area (Å²) in [5, 5.41) is 0.468. The third-order valence-electron chi connectivity index (χ3n) is 5.98. The van der Waals surface area contributed by atoms with E-state index in [4.69, 9.17) is 16.3 Å². The molecule has 1 saturated heterocycles. The average molecular weight is 412 g/mol. The van der Waals surface area contributed by atoms with Crippen LogP contribution < -0.4 is 4.90 Å². The standard InChI is InChI=1S/C21H22ClN5O2/c1-29-11-10-27-16-4-2-7-23-19(16)26-8-3-5-17(26)21(27)6-9-25(14-21)20(28)15-12-18(22)24-13-15/h2-5,7-8,12-13,24H,6,9-11,14H2,1H3/t21-/m0/s1. The first kappa shape index (κ1) is 18.3. The van der Waals surface area contributed by atoms with Crippen LogP contribution in [0.25, 0.3) is 5.82 Å². The average Bonchev–Trinajstić information content (AvgIpc) is 3.48. The zero-order valence-corrected chi connectivity index (χ0v) is 16.9. The summed E-state index contributed by atoms with van der Waals surface area (Å²) >= 11 is 5.98. The smallest absolute Gasteiger partial charge is 0.255 e. The number of nitrogens with zero attached hydrogens (tertiary/aromatic N) is 4. The third kappa shape index (κ3) is 2.76. The molecule has 1 spiro atoms. The predicted molar refractivity (Wildman–Crippen MR) is 111 cm³/mol. The summed E-state index contributed by atoms with van der Waals surface area (Å²) in [5.41, 5.74) is 2.48. The fourth-order valence-corrected chi connectivity index (χ4v) is 4.86. The van der Waals surface area contributed by atoms with Crippen LogP contribution in [0.4, 0.5) is 5.69 Å². The molecule has 5 rings (SSSR count). The molecule has 1 N–H and O–H groups in total. The number of carbonyl (C=O) groups is 1. The number of aromatic amines is 1. The van der Waals surface area contributed by atoms with E-state index in [1.807, 2.05) is 29.4 Å². The van der Waals surface area contributed by atoms with Gasteiger partial charge in [0.05, 0.1) is 23.6 Å². The molecule has 1 fully saturated rings. The van der Waals surface area contributed by atoms with Crippen LogP contribution in [0.15, 0.2) is 48.9 Å². The van der Waals surface area contributed by atoms with Gasteiger partial charge in [0.25, 0.3) is 5.91 Å². The Balaban J connectivity index is 1.56. The lowest BCUT2D eigenvalue weighted by atomic mass is 9.89. The van der Waals surface area contributed by atoms with Gasteiger partial charge in [0.1, 0.15) is 10.7 Å². The molecule has 0 bridgehead atoms. The second-order valence-electron chi connectivity index (χ2n) is 7.50. The zero-order chi connectivity index (χ0) is 20.0. The number of pyridine rings is 1. The van der Waals surface area contributed by atoms with Crippen molar-refractivity contribution >= 4 is 23.2 Å². The Morgan fingerprint density at radius 1 is 1.38 bits per heavy atom. The van der Waals surface area contributed by atoms with Gasteiger partial charge < -0.3 is 24.1 Å². The van der Waals surface area contributed by atoms with E-state index in [1.54, 1.807) is 19.4 Å². The minimum absolute atomic E-state index is 0.00759. The number of likely N-dealkylation sites (tertiary alicyclic amines) is 1. The van der Waals surface area contributed by atoms with E-state index in [-0.39, 0.29) is 11.4 Å². The lowest BCUT2D eigenvalue weighted by Gasteiger charge is -2.47. The highest BCUT2D eigenvalue weighted by molar-refractivity contribution is 6.29. The van der Waals surface area contributed by atoms with Gasteiger partial charge in [-0.3, -0.25) is 4.79 Å². The second kappa shape index (κ2) is 6.93. The number of ether oxygens (including phenoxy) is 1. The van der Waals surface area contributed by atoms with E-state index in [0.717, 1.165) is 30.2 Å². The van der Waals surface area contributed by atoms with E-state index in [1.165, 1.54) is 0 Å². The highest BCUT2D eigenvalue weighted by Gasteiger charge is 2.50. The molecule has 1 amide bonds. The first-order valence-electron chi connectivity index (χ1n) is 9.67. The Kier molecular flexibility index (Phi) is 4.37. The van der Waals surface area contributed by atoms with Crippen LogP contribution in [0, 0.1) is 0 Å². The molecule has 0 aliphatic carbocycles. The maximum absolute atomic E-state index is 13.1. The Labute approximate surface area is 173 Å². The quantitative estimate of drug-likeness (QED) is 0.716. The summed E-state index contributed by atoms with van der Waals surface area (Å²) in [6, 6.07) is 9.92. The molecule has 3 aromatic rings. The molecule has 1 atom stereocenters. The Hall–Kier alpha value is -2.77. The van der Waals surface area contributed by atoms with Crippen molar-refractivity contribution in [3.05, 3.63) is 65.3 Å². The Bertz CT molecular complexity index is 1060. The molecule has 0 unspecified atom stereocenters. The Morgan fingerprint density at radius 3 is 3.07 bits per heavy atom. The molecule has 3 aromatic heterocycles. The van der Waals surface area contributed by atoms with Gasteiger partial charge in [0.15, 0.2) is 5.82 Å². The second-order valence-corrected chi connectivity index (χ2v) is 7.91. The van der Waals surface area contributed by atoms with E-state index in [2.05, 4.69) is 31.6 Å². The van der Waals surface area contributed by atoms with Crippen LogP contribution in [-0.2, 0) is 10.3 Å². The number of fused-ring (bicyclic) bond motifs is 4. The van der Waals surface area contributed by atoms with Crippen molar-refractivity contribution in [3.63, 3.8) is 0 Å². The Morgan fingerprint density at radius 2 is 2.28 bits per heavy atom. The van der Waals surface area contributed by atoms with E-state index < -0.39 is 0 Å². The number of aromatic nitrogens is 3. The topological polar surface area (TPSA) is 66.4 Å². The number of H-pyrrole nitrogens is 1. The number of rotatable bonds is 4. The fraction of sp³-hybridized carbons (Fsp3) is 0.333. The number of hydrogen-bond donors (Lipinski definition) is 1. The van der Waals surface area contributed by atoms with Crippen LogP contribution in [0.5, 0.6) is 0 Å². The number of nitrogens with one attached hydrogen (secondary N) is 1. The molecule has 7 nitrogen and oxygen atoms in total. The third-order valence-corrected chi connectivity index (χ3v) is 6.19. The van der Waals surface area contributed by atoms with Gasteiger partial charge in [0, 0.05) is 45.3 Å². The lowest BCUT2D eigenvalue weighted by molar-refractivity contribution is 0.0781. The predicted octanol–water partition coefficient (Wildman–Crippen LogP) is 3.06. The van der Waals surface area contributed by atoms with Gasteiger partial charge in [-0.15, -0.1) is 0 Å². The van der Waals surface area contributed by atoms with Crippen molar-refractivity contribution in [1.29, 1.82) is 0 Å². The van der Waals surface area contributed by atoms with Gasteiger partial charge in [-0.05, 0) is 36.8 Å². The SMILES string of the molecule is COCCN1c2cccnc2-n2cccc2[C@@]12CCN(C(=O)c1c[nH]c(Cl)c1)C2. The van der Waals surface area contributed by atoms with Crippen LogP contribution in [-0.4, -0.2) is 58.7 Å². The molecule has 2 aliphatic heterocycles. The molecular weight excluding hydrogens is 390 g/mol. The van der Waals surface area contributed by atoms with Crippen molar-refractivity contribution in [2.75, 3.05) is 38.3 Å². The fourth-order valence-electron chi connectivity index (χ4n) is 4.68. The van der Waals surface area contributed by atoms with Gasteiger partial charge in [0.2, 0.25) is 0 Å². The van der Waals surface area contributed by atoms with Crippen molar-refractivity contribution in [2.24, 2.45) is 0 Å². The molecule has 2 aliphatic rings. The molecular formula is C21H22ClN5O2. The van der Waals surface area contributed by atoms with E-state index in [9.17, 15) is 4.79 Å². The summed E-state index contributed by atoms with van der Waals surface area (Å²) in [7, 11) is 1.71. The molecule has 0 radical (unpaired) electrons. The summed E-state index contributed by atoms with van der Waals surface area (Å²) in [5.74, 6) is 0.906. The summed E-state index contributed by atoms with van der Waals surface area (Å²) in [4.78, 5) is 24.9. The van der Waals surface area contributed by atoms with Crippen LogP contribution in [0.1, 0.15) is 22.5 Å². The van der Waals surface area contributed by atoms with Crippen LogP contribution >= 0.6 is 11.6 Å². The number of amides is 1. The molecule has 150 valence electrons. The largest absolute Gasteiger partial charge is 0.383 e. The lowest BCUT2D eigenvalue weighted by Crippen LogP contribution is -2.53. The molecule has 8 heteroatoms. The number of anilines is 1. The van der Waals surface area contributed by atoms with Crippen molar-refractivity contribution in [3.8, 4) is 5.82 Å². The number of carbonyl (C=O) groups excluding carboxylic acids is 1. The monoisotopic (exact) mass is 411 g/mol. The summed E-state index contributed by atoms with van der Waals surface area (Å²) in [6.07, 6.45) is 6.36. The first-order valence-corrected chi connectivity index (χ1v) is 10.0.